The van der Waals surface area contributed by atoms with Crippen LogP contribution in [0, 0.1) is 5.92 Å². The molecule has 2 saturated heterocycles. The normalized spacial score (nSPS) is 21.4. The number of carbonyl (C=O) groups excluding carboxylic acids is 1. The summed E-state index contributed by atoms with van der Waals surface area (Å²) in [5.74, 6) is 1.79. The van der Waals surface area contributed by atoms with Crippen LogP contribution in [-0.2, 0) is 17.8 Å². The van der Waals surface area contributed by atoms with Crippen molar-refractivity contribution in [2.75, 3.05) is 42.6 Å². The molecule has 0 saturated carbocycles. The smallest absolute Gasteiger partial charge is 0.231 e. The first-order valence-electron chi connectivity index (χ1n) is 13.6. The van der Waals surface area contributed by atoms with Crippen LogP contribution in [0.1, 0.15) is 36.8 Å². The number of aromatic nitrogens is 3. The molecular formula is C29H34N6O3. The van der Waals surface area contributed by atoms with E-state index in [1.807, 2.05) is 23.1 Å². The van der Waals surface area contributed by atoms with E-state index in [0.29, 0.717) is 42.8 Å². The number of amides is 1. The second kappa shape index (κ2) is 10.6. The van der Waals surface area contributed by atoms with Gasteiger partial charge in [0.15, 0.2) is 5.82 Å². The van der Waals surface area contributed by atoms with E-state index in [4.69, 9.17) is 15.0 Å². The highest BCUT2D eigenvalue weighted by Gasteiger charge is 2.33. The van der Waals surface area contributed by atoms with Crippen molar-refractivity contribution in [3.63, 3.8) is 0 Å². The first-order chi connectivity index (χ1) is 18.6. The number of phenolic OH excluding ortho intramolecular Hbond substituents is 1. The minimum absolute atomic E-state index is 0.0209. The molecule has 2 atom stereocenters. The van der Waals surface area contributed by atoms with E-state index in [1.54, 1.807) is 18.2 Å². The molecule has 3 aliphatic heterocycles. The van der Waals surface area contributed by atoms with Gasteiger partial charge in [0.25, 0.3) is 0 Å². The van der Waals surface area contributed by atoms with E-state index < -0.39 is 0 Å². The molecule has 0 spiro atoms. The van der Waals surface area contributed by atoms with E-state index >= 15 is 0 Å². The fourth-order valence-corrected chi connectivity index (χ4v) is 5.94. The van der Waals surface area contributed by atoms with Gasteiger partial charge in [-0.1, -0.05) is 36.4 Å². The number of aliphatic hydroxyl groups is 1. The van der Waals surface area contributed by atoms with Crippen molar-refractivity contribution in [3.8, 4) is 17.1 Å². The molecule has 4 heterocycles. The number of benzene rings is 2. The van der Waals surface area contributed by atoms with Crippen LogP contribution in [-0.4, -0.2) is 74.8 Å². The van der Waals surface area contributed by atoms with E-state index in [-0.39, 0.29) is 30.2 Å². The fraction of sp³-hybridized carbons (Fsp3) is 0.448. The molecule has 3 aromatic rings. The van der Waals surface area contributed by atoms with E-state index in [2.05, 4.69) is 21.9 Å². The Kier molecular flexibility index (Phi) is 6.84. The first kappa shape index (κ1) is 24.6. The number of fused-ring (bicyclic) bond motifs is 1. The number of phenols is 1. The highest BCUT2D eigenvalue weighted by Crippen LogP contribution is 2.31. The number of hydrogen-bond donors (Lipinski definition) is 2. The molecule has 0 radical (unpaired) electrons. The van der Waals surface area contributed by atoms with Crippen LogP contribution >= 0.6 is 0 Å². The largest absolute Gasteiger partial charge is 0.508 e. The Bertz CT molecular complexity index is 1310. The van der Waals surface area contributed by atoms with Crippen LogP contribution < -0.4 is 9.80 Å². The lowest BCUT2D eigenvalue weighted by Crippen LogP contribution is -2.46. The van der Waals surface area contributed by atoms with Gasteiger partial charge in [-0.15, -0.1) is 0 Å². The van der Waals surface area contributed by atoms with Gasteiger partial charge in [-0.2, -0.15) is 15.0 Å². The summed E-state index contributed by atoms with van der Waals surface area (Å²) in [6, 6.07) is 15.0. The van der Waals surface area contributed by atoms with E-state index in [1.165, 1.54) is 11.1 Å². The number of likely N-dealkylation sites (tertiary alicyclic amines) is 1. The number of anilines is 2. The van der Waals surface area contributed by atoms with Crippen molar-refractivity contribution in [2.24, 2.45) is 5.92 Å². The maximum absolute atomic E-state index is 13.2. The summed E-state index contributed by atoms with van der Waals surface area (Å²) in [4.78, 5) is 33.9. The van der Waals surface area contributed by atoms with Crippen molar-refractivity contribution in [1.82, 2.24) is 19.9 Å². The molecule has 2 N–H and O–H groups in total. The summed E-state index contributed by atoms with van der Waals surface area (Å²) in [6.07, 6.45) is 4.63. The highest BCUT2D eigenvalue weighted by molar-refractivity contribution is 5.80. The Balaban J connectivity index is 1.37. The van der Waals surface area contributed by atoms with Gasteiger partial charge in [-0.05, 0) is 55.4 Å². The van der Waals surface area contributed by atoms with Crippen LogP contribution in [0.2, 0.25) is 0 Å². The summed E-state index contributed by atoms with van der Waals surface area (Å²) in [5, 5.41) is 20.4. The third-order valence-electron chi connectivity index (χ3n) is 8.01. The first-order valence-corrected chi connectivity index (χ1v) is 13.6. The zero-order valence-corrected chi connectivity index (χ0v) is 21.5. The second-order valence-electron chi connectivity index (χ2n) is 10.6. The Hall–Kier alpha value is -3.72. The number of aromatic hydroxyl groups is 1. The Morgan fingerprint density at radius 2 is 1.71 bits per heavy atom. The van der Waals surface area contributed by atoms with Crippen molar-refractivity contribution in [2.45, 2.75) is 44.7 Å². The molecule has 0 bridgehead atoms. The lowest BCUT2D eigenvalue weighted by atomic mass is 9.94. The Labute approximate surface area is 222 Å². The van der Waals surface area contributed by atoms with Crippen LogP contribution in [0.25, 0.3) is 11.4 Å². The second-order valence-corrected chi connectivity index (χ2v) is 10.6. The predicted molar refractivity (Wildman–Crippen MR) is 145 cm³/mol. The minimum atomic E-state index is -0.164. The summed E-state index contributed by atoms with van der Waals surface area (Å²) >= 11 is 0. The molecule has 6 rings (SSSR count). The molecule has 2 fully saturated rings. The minimum Gasteiger partial charge on any atom is -0.508 e. The molecular weight excluding hydrogens is 480 g/mol. The molecule has 38 heavy (non-hydrogen) atoms. The van der Waals surface area contributed by atoms with E-state index in [0.717, 1.165) is 45.3 Å². The van der Waals surface area contributed by atoms with Gasteiger partial charge < -0.3 is 24.9 Å². The quantitative estimate of drug-likeness (QED) is 0.535. The number of hydrogen-bond acceptors (Lipinski definition) is 8. The zero-order valence-electron chi connectivity index (χ0n) is 21.5. The van der Waals surface area contributed by atoms with Crippen molar-refractivity contribution in [1.29, 1.82) is 0 Å². The lowest BCUT2D eigenvalue weighted by Gasteiger charge is -2.37. The van der Waals surface area contributed by atoms with Crippen molar-refractivity contribution >= 4 is 17.8 Å². The number of rotatable bonds is 5. The van der Waals surface area contributed by atoms with Gasteiger partial charge in [0.05, 0.1) is 18.6 Å². The van der Waals surface area contributed by atoms with Gasteiger partial charge in [0.2, 0.25) is 17.8 Å². The molecule has 9 heteroatoms. The number of aliphatic hydroxyl groups excluding tert-OH is 1. The standard InChI is InChI=1S/C29H34N6O3/c36-19-24-15-20-7-1-2-8-22(20)18-35(24)29-31-26(21-9-5-11-25(37)16-21)30-28(32-29)34-14-6-10-23(17-34)27(38)33-12-3-4-13-33/h1-2,5,7-9,11,16,23-24,36-37H,3-4,6,10,12-15,17-19H2/t23?,24-/m1/s1. The zero-order chi connectivity index (χ0) is 26.1. The SMILES string of the molecule is O=C(C1CCCN(c2nc(-c3cccc(O)c3)nc(N3Cc4ccccc4C[C@@H]3CO)n2)C1)N1CCCC1. The maximum atomic E-state index is 13.2. The van der Waals surface area contributed by atoms with Crippen molar-refractivity contribution in [3.05, 3.63) is 59.7 Å². The number of carbonyl (C=O) groups is 1. The molecule has 1 unspecified atom stereocenters. The van der Waals surface area contributed by atoms with Gasteiger partial charge in [-0.3, -0.25) is 4.79 Å². The molecule has 0 aliphatic carbocycles. The van der Waals surface area contributed by atoms with Crippen LogP contribution in [0.15, 0.2) is 48.5 Å². The van der Waals surface area contributed by atoms with Gasteiger partial charge >= 0.3 is 0 Å². The van der Waals surface area contributed by atoms with Gasteiger partial charge in [-0.25, -0.2) is 0 Å². The van der Waals surface area contributed by atoms with Crippen LogP contribution in [0.4, 0.5) is 11.9 Å². The predicted octanol–water partition coefficient (Wildman–Crippen LogP) is 3.01. The molecule has 1 amide bonds. The summed E-state index contributed by atoms with van der Waals surface area (Å²) < 4.78 is 0. The average molecular weight is 515 g/mol. The number of piperidine rings is 1. The van der Waals surface area contributed by atoms with Crippen LogP contribution in [0.3, 0.4) is 0 Å². The van der Waals surface area contributed by atoms with Crippen molar-refractivity contribution < 1.29 is 15.0 Å². The van der Waals surface area contributed by atoms with Crippen LogP contribution in [0.5, 0.6) is 5.75 Å². The molecule has 2 aromatic carbocycles. The highest BCUT2D eigenvalue weighted by atomic mass is 16.3. The summed E-state index contributed by atoms with van der Waals surface area (Å²) in [7, 11) is 0. The Morgan fingerprint density at radius 1 is 0.921 bits per heavy atom. The molecule has 3 aliphatic rings. The topological polar surface area (TPSA) is 106 Å². The van der Waals surface area contributed by atoms with Gasteiger partial charge in [0, 0.05) is 38.3 Å². The molecule has 198 valence electrons. The monoisotopic (exact) mass is 514 g/mol. The lowest BCUT2D eigenvalue weighted by molar-refractivity contribution is -0.134. The third kappa shape index (κ3) is 4.90. The summed E-state index contributed by atoms with van der Waals surface area (Å²) in [6.45, 7) is 3.61. The molecule has 9 nitrogen and oxygen atoms in total. The summed E-state index contributed by atoms with van der Waals surface area (Å²) in [5.41, 5.74) is 3.10. The fourth-order valence-electron chi connectivity index (χ4n) is 5.94. The average Bonchev–Trinajstić information content (AvgIpc) is 3.51. The third-order valence-corrected chi connectivity index (χ3v) is 8.01. The van der Waals surface area contributed by atoms with E-state index in [9.17, 15) is 15.0 Å². The Morgan fingerprint density at radius 3 is 2.50 bits per heavy atom. The molecule has 1 aromatic heterocycles. The maximum Gasteiger partial charge on any atom is 0.231 e. The van der Waals surface area contributed by atoms with Gasteiger partial charge in [0.1, 0.15) is 5.75 Å². The number of nitrogens with zero attached hydrogens (tertiary/aromatic N) is 6.